The first kappa shape index (κ1) is 19.7. The minimum atomic E-state index is -0.279. The number of anilines is 1. The molecule has 2 N–H and O–H groups in total. The maximum absolute atomic E-state index is 10.9. The molecule has 0 bridgehead atoms. The predicted octanol–water partition coefficient (Wildman–Crippen LogP) is 3.41. The summed E-state index contributed by atoms with van der Waals surface area (Å²) in [6.07, 6.45) is 2.68. The van der Waals surface area contributed by atoms with E-state index in [1.807, 2.05) is 59.6 Å². The molecule has 1 unspecified atom stereocenters. The van der Waals surface area contributed by atoms with Crippen LogP contribution in [0, 0.1) is 0 Å². The zero-order valence-corrected chi connectivity index (χ0v) is 17.0. The van der Waals surface area contributed by atoms with Gasteiger partial charge in [-0.2, -0.15) is 0 Å². The first-order chi connectivity index (χ1) is 14.7. The van der Waals surface area contributed by atoms with E-state index in [0.717, 1.165) is 16.7 Å². The van der Waals surface area contributed by atoms with E-state index in [4.69, 9.17) is 16.3 Å². The molecule has 7 nitrogen and oxygen atoms in total. The number of halogens is 1. The molecular formula is C22H20ClN5O2. The van der Waals surface area contributed by atoms with Gasteiger partial charge in [-0.1, -0.05) is 41.9 Å². The van der Waals surface area contributed by atoms with Crippen molar-refractivity contribution in [1.29, 1.82) is 0 Å². The van der Waals surface area contributed by atoms with Crippen LogP contribution in [0.3, 0.4) is 0 Å². The van der Waals surface area contributed by atoms with Crippen LogP contribution in [0.1, 0.15) is 5.56 Å². The number of pyridine rings is 1. The van der Waals surface area contributed by atoms with Crippen molar-refractivity contribution < 1.29 is 9.53 Å². The molecule has 1 atom stereocenters. The van der Waals surface area contributed by atoms with E-state index in [-0.39, 0.29) is 6.17 Å². The molecule has 1 aliphatic rings. The molecule has 0 saturated carbocycles. The number of ether oxygens (including phenoxy) is 1. The number of amides is 1. The molecule has 2 aromatic carbocycles. The van der Waals surface area contributed by atoms with E-state index in [1.165, 1.54) is 0 Å². The van der Waals surface area contributed by atoms with Gasteiger partial charge in [-0.25, -0.2) is 15.0 Å². The normalized spacial score (nSPS) is 15.3. The summed E-state index contributed by atoms with van der Waals surface area (Å²) in [5, 5.41) is 5.03. The molecule has 1 amide bonds. The lowest BCUT2D eigenvalue weighted by Crippen LogP contribution is -2.46. The van der Waals surface area contributed by atoms with Gasteiger partial charge in [0.15, 0.2) is 0 Å². The van der Waals surface area contributed by atoms with Crippen molar-refractivity contribution in [2.24, 2.45) is 4.99 Å². The van der Waals surface area contributed by atoms with E-state index in [1.54, 1.807) is 19.4 Å². The minimum absolute atomic E-state index is 0.279. The number of guanidine groups is 1. The van der Waals surface area contributed by atoms with Crippen LogP contribution in [0.4, 0.5) is 5.82 Å². The number of rotatable bonds is 6. The predicted molar refractivity (Wildman–Crippen MR) is 117 cm³/mol. The first-order valence-corrected chi connectivity index (χ1v) is 9.73. The van der Waals surface area contributed by atoms with Crippen molar-refractivity contribution in [3.05, 3.63) is 77.4 Å². The van der Waals surface area contributed by atoms with Crippen LogP contribution in [0.25, 0.3) is 11.1 Å². The van der Waals surface area contributed by atoms with Crippen molar-refractivity contribution in [3.8, 4) is 16.9 Å². The van der Waals surface area contributed by atoms with Gasteiger partial charge in [-0.3, -0.25) is 15.5 Å². The molecule has 8 heteroatoms. The highest BCUT2D eigenvalue weighted by Gasteiger charge is 2.28. The molecule has 0 saturated heterocycles. The van der Waals surface area contributed by atoms with Crippen LogP contribution in [-0.4, -0.2) is 30.6 Å². The Hall–Kier alpha value is -3.58. The molecular weight excluding hydrogens is 402 g/mol. The van der Waals surface area contributed by atoms with Gasteiger partial charge in [0.2, 0.25) is 12.4 Å². The number of hydrazine groups is 1. The topological polar surface area (TPSA) is 78.9 Å². The maximum Gasteiger partial charge on any atom is 0.219 e. The Balaban J connectivity index is 1.67. The third kappa shape index (κ3) is 4.21. The van der Waals surface area contributed by atoms with Gasteiger partial charge in [0.05, 0.1) is 7.11 Å². The molecule has 0 aliphatic carbocycles. The van der Waals surface area contributed by atoms with Crippen molar-refractivity contribution in [1.82, 2.24) is 15.7 Å². The van der Waals surface area contributed by atoms with E-state index in [0.29, 0.717) is 35.4 Å². The van der Waals surface area contributed by atoms with E-state index in [9.17, 15) is 4.79 Å². The summed E-state index contributed by atoms with van der Waals surface area (Å²) in [7, 11) is 1.62. The minimum Gasteiger partial charge on any atom is -0.496 e. The second-order valence-corrected chi connectivity index (χ2v) is 7.08. The van der Waals surface area contributed by atoms with Gasteiger partial charge in [0, 0.05) is 23.2 Å². The molecule has 152 valence electrons. The maximum atomic E-state index is 10.9. The molecule has 30 heavy (non-hydrogen) atoms. The Labute approximate surface area is 179 Å². The third-order valence-corrected chi connectivity index (χ3v) is 4.96. The van der Waals surface area contributed by atoms with Gasteiger partial charge in [-0.05, 0) is 41.5 Å². The third-order valence-electron chi connectivity index (χ3n) is 4.72. The Morgan fingerprint density at radius 2 is 2.03 bits per heavy atom. The van der Waals surface area contributed by atoms with Crippen LogP contribution >= 0.6 is 11.6 Å². The molecule has 0 radical (unpaired) electrons. The van der Waals surface area contributed by atoms with Gasteiger partial charge in [0.1, 0.15) is 17.7 Å². The smallest absolute Gasteiger partial charge is 0.219 e. The SMILES string of the molecule is COc1ccc(Cl)cc1-c1ccnc(N2NC(NC=O)=NC2Cc2ccccc2)c1. The molecule has 2 heterocycles. The average Bonchev–Trinajstić information content (AvgIpc) is 3.17. The molecule has 3 aromatic rings. The number of carbonyl (C=O) groups is 1. The zero-order chi connectivity index (χ0) is 20.9. The van der Waals surface area contributed by atoms with Crippen LogP contribution in [0.2, 0.25) is 5.02 Å². The summed E-state index contributed by atoms with van der Waals surface area (Å²) in [6, 6.07) is 19.3. The standard InChI is InChI=1S/C22H20ClN5O2/c1-30-19-8-7-17(23)13-18(19)16-9-10-24-20(12-16)28-21(26-22(27-28)25-14-29)11-15-5-3-2-4-6-15/h2-10,12-14,21H,11H2,1H3,(H2,25,26,27,29). The number of aliphatic imine (C=N–C) groups is 1. The van der Waals surface area contributed by atoms with Gasteiger partial charge < -0.3 is 4.74 Å². The highest BCUT2D eigenvalue weighted by molar-refractivity contribution is 6.31. The fraction of sp³-hybridized carbons (Fsp3) is 0.136. The molecule has 0 fully saturated rings. The van der Waals surface area contributed by atoms with Gasteiger partial charge in [0.25, 0.3) is 0 Å². The quantitative estimate of drug-likeness (QED) is 0.596. The first-order valence-electron chi connectivity index (χ1n) is 9.35. The Morgan fingerprint density at radius 1 is 1.20 bits per heavy atom. The summed E-state index contributed by atoms with van der Waals surface area (Å²) in [4.78, 5) is 20.0. The average molecular weight is 422 g/mol. The summed E-state index contributed by atoms with van der Waals surface area (Å²) in [6.45, 7) is 0. The summed E-state index contributed by atoms with van der Waals surface area (Å²) in [5.41, 5.74) is 6.00. The fourth-order valence-electron chi connectivity index (χ4n) is 3.34. The number of carbonyl (C=O) groups excluding carboxylic acids is 1. The van der Waals surface area contributed by atoms with Crippen molar-refractivity contribution >= 4 is 29.8 Å². The number of hydrogen-bond donors (Lipinski definition) is 2. The van der Waals surface area contributed by atoms with Crippen LogP contribution in [-0.2, 0) is 11.2 Å². The van der Waals surface area contributed by atoms with Crippen LogP contribution < -0.4 is 20.5 Å². The summed E-state index contributed by atoms with van der Waals surface area (Å²) < 4.78 is 5.49. The number of hydrogen-bond acceptors (Lipinski definition) is 6. The Morgan fingerprint density at radius 3 is 2.80 bits per heavy atom. The van der Waals surface area contributed by atoms with Gasteiger partial charge >= 0.3 is 0 Å². The fourth-order valence-corrected chi connectivity index (χ4v) is 3.52. The second kappa shape index (κ2) is 8.84. The number of nitrogens with zero attached hydrogens (tertiary/aromatic N) is 3. The van der Waals surface area contributed by atoms with E-state index >= 15 is 0 Å². The van der Waals surface area contributed by atoms with Crippen molar-refractivity contribution in [2.75, 3.05) is 12.1 Å². The monoisotopic (exact) mass is 421 g/mol. The molecule has 0 spiro atoms. The highest BCUT2D eigenvalue weighted by Crippen LogP contribution is 2.34. The van der Waals surface area contributed by atoms with Gasteiger partial charge in [-0.15, -0.1) is 0 Å². The molecule has 1 aromatic heterocycles. The summed E-state index contributed by atoms with van der Waals surface area (Å²) in [5.74, 6) is 1.74. The molecule has 4 rings (SSSR count). The number of aromatic nitrogens is 1. The molecule has 1 aliphatic heterocycles. The number of methoxy groups -OCH3 is 1. The zero-order valence-electron chi connectivity index (χ0n) is 16.2. The second-order valence-electron chi connectivity index (χ2n) is 6.64. The Kier molecular flexibility index (Phi) is 5.81. The van der Waals surface area contributed by atoms with Crippen LogP contribution in [0.15, 0.2) is 71.9 Å². The largest absolute Gasteiger partial charge is 0.496 e. The lowest BCUT2D eigenvalue weighted by molar-refractivity contribution is -0.108. The van der Waals surface area contributed by atoms with Crippen LogP contribution in [0.5, 0.6) is 5.75 Å². The highest BCUT2D eigenvalue weighted by atomic mass is 35.5. The number of benzene rings is 2. The lowest BCUT2D eigenvalue weighted by atomic mass is 10.1. The number of nitrogens with one attached hydrogen (secondary N) is 2. The van der Waals surface area contributed by atoms with Crippen molar-refractivity contribution in [3.63, 3.8) is 0 Å². The Bertz CT molecular complexity index is 1070. The summed E-state index contributed by atoms with van der Waals surface area (Å²) >= 11 is 6.20. The van der Waals surface area contributed by atoms with Crippen molar-refractivity contribution in [2.45, 2.75) is 12.6 Å². The lowest BCUT2D eigenvalue weighted by Gasteiger charge is -2.24. The van der Waals surface area contributed by atoms with E-state index in [2.05, 4.69) is 20.7 Å². The van der Waals surface area contributed by atoms with E-state index < -0.39 is 0 Å².